The molecule has 1 rings (SSSR count). The maximum Gasteiger partial charge on any atom is 0.234 e. The van der Waals surface area contributed by atoms with Crippen LogP contribution in [0.1, 0.15) is 115 Å². The second-order valence-electron chi connectivity index (χ2n) is 8.87. The van der Waals surface area contributed by atoms with Gasteiger partial charge in [0.15, 0.2) is 0 Å². The number of hydrogen-bond acceptors (Lipinski definition) is 4. The van der Waals surface area contributed by atoms with Gasteiger partial charge < -0.3 is 5.32 Å². The normalized spacial score (nSPS) is 11.1. The molecule has 0 heterocycles. The van der Waals surface area contributed by atoms with Crippen LogP contribution in [0.5, 0.6) is 0 Å². The molecule has 0 aromatic heterocycles. The Bertz CT molecular complexity index is 550. The standard InChI is InChI=1S/C27H47NO3S/c1-2-3-4-5-6-7-8-9-10-11-12-13-14-15-16-17-22-32-24-27(29)28-26-20-18-25(19-21-26)23-31-30/h18-21,30H,2-17,22-24H2,1H3,(H,28,29). The summed E-state index contributed by atoms with van der Waals surface area (Å²) in [5.41, 5.74) is 1.64. The molecule has 4 nitrogen and oxygen atoms in total. The largest absolute Gasteiger partial charge is 0.325 e. The van der Waals surface area contributed by atoms with E-state index in [9.17, 15) is 4.79 Å². The molecule has 0 bridgehead atoms. The van der Waals surface area contributed by atoms with E-state index < -0.39 is 0 Å². The van der Waals surface area contributed by atoms with E-state index in [1.807, 2.05) is 24.3 Å². The average Bonchev–Trinajstić information content (AvgIpc) is 2.80. The molecule has 0 spiro atoms. The minimum Gasteiger partial charge on any atom is -0.325 e. The zero-order valence-electron chi connectivity index (χ0n) is 20.4. The van der Waals surface area contributed by atoms with Crippen molar-refractivity contribution in [2.24, 2.45) is 0 Å². The summed E-state index contributed by atoms with van der Waals surface area (Å²) in [6, 6.07) is 7.31. The Hall–Kier alpha value is -1.04. The van der Waals surface area contributed by atoms with Gasteiger partial charge in [0.05, 0.1) is 5.75 Å². The third-order valence-corrected chi connectivity index (χ3v) is 6.89. The van der Waals surface area contributed by atoms with Gasteiger partial charge in [-0.2, -0.15) is 11.8 Å². The van der Waals surface area contributed by atoms with Crippen molar-refractivity contribution in [1.82, 2.24) is 0 Å². The Morgan fingerprint density at radius 2 is 1.25 bits per heavy atom. The highest BCUT2D eigenvalue weighted by Gasteiger charge is 2.03. The summed E-state index contributed by atoms with van der Waals surface area (Å²) in [5, 5.41) is 11.3. The van der Waals surface area contributed by atoms with Crippen LogP contribution >= 0.6 is 11.8 Å². The molecular formula is C27H47NO3S. The fourth-order valence-electron chi connectivity index (χ4n) is 3.87. The van der Waals surface area contributed by atoms with Gasteiger partial charge >= 0.3 is 0 Å². The van der Waals surface area contributed by atoms with E-state index in [0.717, 1.165) is 17.0 Å². The van der Waals surface area contributed by atoms with E-state index in [4.69, 9.17) is 5.26 Å². The Morgan fingerprint density at radius 3 is 1.72 bits per heavy atom. The third-order valence-electron chi connectivity index (χ3n) is 5.84. The zero-order chi connectivity index (χ0) is 23.1. The van der Waals surface area contributed by atoms with Gasteiger partial charge in [-0.1, -0.05) is 115 Å². The van der Waals surface area contributed by atoms with Crippen molar-refractivity contribution < 1.29 is 14.9 Å². The number of carbonyl (C=O) groups excluding carboxylic acids is 1. The predicted octanol–water partition coefficient (Wildman–Crippen LogP) is 8.61. The molecule has 1 aromatic carbocycles. The summed E-state index contributed by atoms with van der Waals surface area (Å²) in [7, 11) is 0. The highest BCUT2D eigenvalue weighted by atomic mass is 32.2. The molecule has 1 amide bonds. The summed E-state index contributed by atoms with van der Waals surface area (Å²) in [5.74, 6) is 1.59. The van der Waals surface area contributed by atoms with E-state index in [1.54, 1.807) is 11.8 Å². The Morgan fingerprint density at radius 1 is 0.781 bits per heavy atom. The molecule has 184 valence electrons. The summed E-state index contributed by atoms with van der Waals surface area (Å²) in [6.45, 7) is 2.44. The van der Waals surface area contributed by atoms with Crippen LogP contribution in [0.25, 0.3) is 0 Å². The number of thioether (sulfide) groups is 1. The monoisotopic (exact) mass is 465 g/mol. The lowest BCUT2D eigenvalue weighted by Crippen LogP contribution is -2.14. The molecule has 0 aliphatic carbocycles. The van der Waals surface area contributed by atoms with Gasteiger partial charge in [-0.25, -0.2) is 4.89 Å². The number of nitrogens with one attached hydrogen (secondary N) is 1. The number of benzene rings is 1. The lowest BCUT2D eigenvalue weighted by atomic mass is 10.0. The molecule has 0 fully saturated rings. The van der Waals surface area contributed by atoms with Gasteiger partial charge in [-0.15, -0.1) is 0 Å². The molecule has 32 heavy (non-hydrogen) atoms. The number of carbonyl (C=O) groups is 1. The van der Waals surface area contributed by atoms with Crippen LogP contribution in [0.4, 0.5) is 5.69 Å². The first-order chi connectivity index (χ1) is 15.8. The van der Waals surface area contributed by atoms with Gasteiger partial charge in [0.25, 0.3) is 0 Å². The summed E-state index contributed by atoms with van der Waals surface area (Å²) in [4.78, 5) is 16.1. The third kappa shape index (κ3) is 17.5. The van der Waals surface area contributed by atoms with Crippen molar-refractivity contribution in [3.05, 3.63) is 29.8 Å². The van der Waals surface area contributed by atoms with Crippen LogP contribution in [-0.2, 0) is 16.3 Å². The van der Waals surface area contributed by atoms with Crippen LogP contribution in [0.3, 0.4) is 0 Å². The number of unbranched alkanes of at least 4 members (excludes halogenated alkanes) is 15. The van der Waals surface area contributed by atoms with Crippen molar-refractivity contribution in [3.63, 3.8) is 0 Å². The molecule has 0 aliphatic heterocycles. The number of rotatable bonds is 22. The zero-order valence-corrected chi connectivity index (χ0v) is 21.2. The minimum atomic E-state index is 0.0395. The van der Waals surface area contributed by atoms with Gasteiger partial charge in [0.2, 0.25) is 5.91 Å². The van der Waals surface area contributed by atoms with E-state index >= 15 is 0 Å². The average molecular weight is 466 g/mol. The predicted molar refractivity (Wildman–Crippen MR) is 139 cm³/mol. The molecule has 0 radical (unpaired) electrons. The Labute approximate surface area is 201 Å². The molecule has 0 saturated carbocycles. The van der Waals surface area contributed by atoms with Crippen molar-refractivity contribution in [2.45, 2.75) is 116 Å². The van der Waals surface area contributed by atoms with Crippen LogP contribution in [0.15, 0.2) is 24.3 Å². The lowest BCUT2D eigenvalue weighted by molar-refractivity contribution is -0.253. The smallest absolute Gasteiger partial charge is 0.234 e. The van der Waals surface area contributed by atoms with Crippen molar-refractivity contribution in [1.29, 1.82) is 0 Å². The van der Waals surface area contributed by atoms with Crippen LogP contribution in [0.2, 0.25) is 0 Å². The summed E-state index contributed by atoms with van der Waals surface area (Å²) >= 11 is 1.71. The summed E-state index contributed by atoms with van der Waals surface area (Å²) in [6.07, 6.45) is 22.2. The van der Waals surface area contributed by atoms with Crippen LogP contribution < -0.4 is 5.32 Å². The second kappa shape index (κ2) is 21.8. The molecule has 0 aliphatic rings. The van der Waals surface area contributed by atoms with Crippen LogP contribution in [-0.4, -0.2) is 22.7 Å². The van der Waals surface area contributed by atoms with Gasteiger partial charge in [0, 0.05) is 5.69 Å². The van der Waals surface area contributed by atoms with Crippen molar-refractivity contribution in [2.75, 3.05) is 16.8 Å². The first-order valence-corrected chi connectivity index (χ1v) is 14.1. The maximum atomic E-state index is 12.0. The molecule has 0 saturated heterocycles. The number of anilines is 1. The molecular weight excluding hydrogens is 418 g/mol. The van der Waals surface area contributed by atoms with Gasteiger partial charge in [0.1, 0.15) is 6.61 Å². The Balaban J connectivity index is 1.81. The van der Waals surface area contributed by atoms with Crippen LogP contribution in [0, 0.1) is 0 Å². The van der Waals surface area contributed by atoms with E-state index in [-0.39, 0.29) is 12.5 Å². The highest BCUT2D eigenvalue weighted by Crippen LogP contribution is 2.15. The quantitative estimate of drug-likeness (QED) is 0.102. The number of amides is 1. The molecule has 0 unspecified atom stereocenters. The topological polar surface area (TPSA) is 58.6 Å². The molecule has 5 heteroatoms. The molecule has 2 N–H and O–H groups in total. The van der Waals surface area contributed by atoms with Crippen molar-refractivity contribution in [3.8, 4) is 0 Å². The SMILES string of the molecule is CCCCCCCCCCCCCCCCCCSCC(=O)Nc1ccc(COO)cc1. The minimum absolute atomic E-state index is 0.0395. The van der Waals surface area contributed by atoms with E-state index in [0.29, 0.717) is 5.75 Å². The lowest BCUT2D eigenvalue weighted by Gasteiger charge is -2.06. The summed E-state index contributed by atoms with van der Waals surface area (Å²) < 4.78 is 0. The van der Waals surface area contributed by atoms with Gasteiger partial charge in [-0.3, -0.25) is 10.1 Å². The van der Waals surface area contributed by atoms with E-state index in [1.165, 1.54) is 103 Å². The van der Waals surface area contributed by atoms with Crippen molar-refractivity contribution >= 4 is 23.4 Å². The van der Waals surface area contributed by atoms with E-state index in [2.05, 4.69) is 17.1 Å². The molecule has 0 atom stereocenters. The fraction of sp³-hybridized carbons (Fsp3) is 0.741. The highest BCUT2D eigenvalue weighted by molar-refractivity contribution is 7.99. The Kier molecular flexibility index (Phi) is 19.7. The first kappa shape index (κ1) is 29.0. The molecule has 1 aromatic rings. The number of hydrogen-bond donors (Lipinski definition) is 2. The fourth-order valence-corrected chi connectivity index (χ4v) is 4.68. The van der Waals surface area contributed by atoms with Gasteiger partial charge in [-0.05, 0) is 29.9 Å². The first-order valence-electron chi connectivity index (χ1n) is 13.0. The second-order valence-corrected chi connectivity index (χ2v) is 9.98. The maximum absolute atomic E-state index is 12.0.